The highest BCUT2D eigenvalue weighted by Crippen LogP contribution is 2.26. The summed E-state index contributed by atoms with van der Waals surface area (Å²) in [6.45, 7) is 3.66. The second-order valence-corrected chi connectivity index (χ2v) is 5.05. The predicted molar refractivity (Wildman–Crippen MR) is 65.2 cm³/mol. The second kappa shape index (κ2) is 5.48. The third-order valence-electron chi connectivity index (χ3n) is 3.65. The molecule has 16 heavy (non-hydrogen) atoms. The lowest BCUT2D eigenvalue weighted by atomic mass is 9.99. The minimum atomic E-state index is 0.216. The Hall–Kier alpha value is -0.830. The van der Waals surface area contributed by atoms with E-state index in [0.717, 1.165) is 25.7 Å². The fraction of sp³-hybridized carbons (Fsp3) is 0.769. The highest BCUT2D eigenvalue weighted by molar-refractivity contribution is 5.76. The van der Waals surface area contributed by atoms with Gasteiger partial charge >= 0.3 is 0 Å². The summed E-state index contributed by atoms with van der Waals surface area (Å²) in [7, 11) is 0. The Morgan fingerprint density at radius 3 is 2.69 bits per heavy atom. The van der Waals surface area contributed by atoms with Crippen LogP contribution in [0.25, 0.3) is 0 Å². The van der Waals surface area contributed by atoms with Gasteiger partial charge in [0.05, 0.1) is 0 Å². The van der Waals surface area contributed by atoms with Crippen molar-refractivity contribution in [1.29, 1.82) is 0 Å². The molecule has 3 heteroatoms. The van der Waals surface area contributed by atoms with Crippen molar-refractivity contribution >= 4 is 5.91 Å². The third kappa shape index (κ3) is 3.08. The number of carbonyl (C=O) groups excluding carboxylic acids is 1. The van der Waals surface area contributed by atoms with Crippen LogP contribution in [0.5, 0.6) is 0 Å². The lowest BCUT2D eigenvalue weighted by Crippen LogP contribution is -2.47. The number of piperidine rings is 1. The van der Waals surface area contributed by atoms with Crippen molar-refractivity contribution in [2.75, 3.05) is 0 Å². The zero-order valence-corrected chi connectivity index (χ0v) is 9.87. The summed E-state index contributed by atoms with van der Waals surface area (Å²) in [5.74, 6) is 0.216. The van der Waals surface area contributed by atoms with Crippen LogP contribution in [-0.4, -0.2) is 24.0 Å². The number of amides is 1. The molecule has 3 nitrogen and oxygen atoms in total. The maximum absolute atomic E-state index is 11.7. The molecule has 0 saturated carbocycles. The Labute approximate surface area is 97.7 Å². The standard InChI is InChI=1S/C13H22N2O/c1-2-3-4-5-13(16)15-12-8-10-6-7-11(9-12)14-10/h2,10-12,14H,1,3-9H2,(H,15,16). The van der Waals surface area contributed by atoms with Gasteiger partial charge in [0.25, 0.3) is 0 Å². The molecule has 2 aliphatic rings. The van der Waals surface area contributed by atoms with Crippen molar-refractivity contribution in [1.82, 2.24) is 10.6 Å². The normalized spacial score (nSPS) is 32.4. The van der Waals surface area contributed by atoms with Crippen LogP contribution in [0.1, 0.15) is 44.9 Å². The van der Waals surface area contributed by atoms with Crippen LogP contribution < -0.4 is 10.6 Å². The van der Waals surface area contributed by atoms with Gasteiger partial charge < -0.3 is 10.6 Å². The Morgan fingerprint density at radius 2 is 2.06 bits per heavy atom. The molecule has 0 radical (unpaired) electrons. The number of carbonyl (C=O) groups is 1. The topological polar surface area (TPSA) is 41.1 Å². The zero-order chi connectivity index (χ0) is 11.4. The van der Waals surface area contributed by atoms with E-state index in [4.69, 9.17) is 0 Å². The Kier molecular flexibility index (Phi) is 3.99. The van der Waals surface area contributed by atoms with Crippen LogP contribution in [0, 0.1) is 0 Å². The van der Waals surface area contributed by atoms with E-state index < -0.39 is 0 Å². The molecule has 2 N–H and O–H groups in total. The van der Waals surface area contributed by atoms with Gasteiger partial charge in [0, 0.05) is 24.5 Å². The van der Waals surface area contributed by atoms with Crippen molar-refractivity contribution in [3.05, 3.63) is 12.7 Å². The first kappa shape index (κ1) is 11.6. The molecule has 2 fully saturated rings. The molecule has 2 aliphatic heterocycles. The first-order valence-electron chi connectivity index (χ1n) is 6.44. The molecule has 0 aliphatic carbocycles. The largest absolute Gasteiger partial charge is 0.353 e. The summed E-state index contributed by atoms with van der Waals surface area (Å²) in [5, 5.41) is 6.75. The Bertz CT molecular complexity index is 253. The van der Waals surface area contributed by atoms with Gasteiger partial charge in [-0.15, -0.1) is 6.58 Å². The van der Waals surface area contributed by atoms with E-state index in [1.807, 2.05) is 6.08 Å². The third-order valence-corrected chi connectivity index (χ3v) is 3.65. The van der Waals surface area contributed by atoms with Gasteiger partial charge in [-0.3, -0.25) is 4.79 Å². The van der Waals surface area contributed by atoms with Crippen molar-refractivity contribution in [2.45, 2.75) is 63.1 Å². The molecule has 2 unspecified atom stereocenters. The first-order valence-corrected chi connectivity index (χ1v) is 6.44. The van der Waals surface area contributed by atoms with E-state index in [0.29, 0.717) is 24.5 Å². The van der Waals surface area contributed by atoms with Gasteiger partial charge in [0.2, 0.25) is 5.91 Å². The quantitative estimate of drug-likeness (QED) is 0.549. The van der Waals surface area contributed by atoms with Gasteiger partial charge in [-0.05, 0) is 38.5 Å². The molecule has 1 amide bonds. The average molecular weight is 222 g/mol. The maximum Gasteiger partial charge on any atom is 0.220 e. The lowest BCUT2D eigenvalue weighted by molar-refractivity contribution is -0.122. The zero-order valence-electron chi connectivity index (χ0n) is 9.87. The summed E-state index contributed by atoms with van der Waals surface area (Å²) in [6.07, 6.45) is 9.18. The monoisotopic (exact) mass is 222 g/mol. The molecular formula is C13H22N2O. The SMILES string of the molecule is C=CCCCC(=O)NC1CC2CCC(C1)N2. The van der Waals surface area contributed by atoms with E-state index >= 15 is 0 Å². The highest BCUT2D eigenvalue weighted by atomic mass is 16.1. The van der Waals surface area contributed by atoms with Crippen molar-refractivity contribution < 1.29 is 4.79 Å². The van der Waals surface area contributed by atoms with Crippen LogP contribution in [-0.2, 0) is 4.79 Å². The molecule has 2 rings (SSSR count). The highest BCUT2D eigenvalue weighted by Gasteiger charge is 2.33. The molecule has 2 heterocycles. The number of nitrogens with one attached hydrogen (secondary N) is 2. The Morgan fingerprint density at radius 1 is 1.38 bits per heavy atom. The van der Waals surface area contributed by atoms with Crippen LogP contribution in [0.3, 0.4) is 0 Å². The molecule has 0 spiro atoms. The van der Waals surface area contributed by atoms with E-state index in [1.165, 1.54) is 12.8 Å². The van der Waals surface area contributed by atoms with Gasteiger partial charge in [-0.2, -0.15) is 0 Å². The number of unbranched alkanes of at least 4 members (excludes halogenated alkanes) is 1. The van der Waals surface area contributed by atoms with Gasteiger partial charge in [0.15, 0.2) is 0 Å². The van der Waals surface area contributed by atoms with Gasteiger partial charge in [0.1, 0.15) is 0 Å². The fourth-order valence-corrected chi connectivity index (χ4v) is 2.88. The van der Waals surface area contributed by atoms with Crippen LogP contribution in [0.2, 0.25) is 0 Å². The molecule has 0 aromatic rings. The smallest absolute Gasteiger partial charge is 0.220 e. The van der Waals surface area contributed by atoms with E-state index in [2.05, 4.69) is 17.2 Å². The summed E-state index contributed by atoms with van der Waals surface area (Å²) in [4.78, 5) is 11.7. The molecule has 0 aromatic carbocycles. The summed E-state index contributed by atoms with van der Waals surface area (Å²) < 4.78 is 0. The number of hydrogen-bond acceptors (Lipinski definition) is 2. The predicted octanol–water partition coefficient (Wildman–Crippen LogP) is 1.74. The maximum atomic E-state index is 11.7. The number of rotatable bonds is 5. The summed E-state index contributed by atoms with van der Waals surface area (Å²) in [5.41, 5.74) is 0. The number of allylic oxidation sites excluding steroid dienone is 1. The number of hydrogen-bond donors (Lipinski definition) is 2. The average Bonchev–Trinajstić information content (AvgIpc) is 2.58. The minimum absolute atomic E-state index is 0.216. The molecule has 90 valence electrons. The molecule has 2 atom stereocenters. The van der Waals surface area contributed by atoms with Gasteiger partial charge in [-0.25, -0.2) is 0 Å². The second-order valence-electron chi connectivity index (χ2n) is 5.05. The van der Waals surface area contributed by atoms with E-state index in [9.17, 15) is 4.79 Å². The van der Waals surface area contributed by atoms with E-state index in [-0.39, 0.29) is 5.91 Å². The molecule has 2 bridgehead atoms. The molecule has 0 aromatic heterocycles. The van der Waals surface area contributed by atoms with Gasteiger partial charge in [-0.1, -0.05) is 6.08 Å². The van der Waals surface area contributed by atoms with Crippen molar-refractivity contribution in [3.63, 3.8) is 0 Å². The first-order chi connectivity index (χ1) is 7.78. The Balaban J connectivity index is 1.69. The van der Waals surface area contributed by atoms with Crippen LogP contribution >= 0.6 is 0 Å². The van der Waals surface area contributed by atoms with Crippen molar-refractivity contribution in [2.24, 2.45) is 0 Å². The molecule has 2 saturated heterocycles. The number of fused-ring (bicyclic) bond motifs is 2. The van der Waals surface area contributed by atoms with Crippen LogP contribution in [0.15, 0.2) is 12.7 Å². The minimum Gasteiger partial charge on any atom is -0.353 e. The fourth-order valence-electron chi connectivity index (χ4n) is 2.88. The van der Waals surface area contributed by atoms with Crippen LogP contribution in [0.4, 0.5) is 0 Å². The van der Waals surface area contributed by atoms with E-state index in [1.54, 1.807) is 0 Å². The lowest BCUT2D eigenvalue weighted by Gasteiger charge is -2.29. The summed E-state index contributed by atoms with van der Waals surface area (Å²) in [6, 6.07) is 1.71. The van der Waals surface area contributed by atoms with Crippen molar-refractivity contribution in [3.8, 4) is 0 Å². The summed E-state index contributed by atoms with van der Waals surface area (Å²) >= 11 is 0. The molecular weight excluding hydrogens is 200 g/mol.